The molecule has 0 bridgehead atoms. The molecule has 0 saturated heterocycles. The van der Waals surface area contributed by atoms with Crippen LogP contribution in [0.15, 0.2) is 53.0 Å². The van der Waals surface area contributed by atoms with Gasteiger partial charge in [-0.2, -0.15) is 0 Å². The van der Waals surface area contributed by atoms with E-state index < -0.39 is 12.0 Å². The Kier molecular flexibility index (Phi) is 6.19. The van der Waals surface area contributed by atoms with E-state index in [1.807, 2.05) is 6.07 Å². The molecule has 0 radical (unpaired) electrons. The standard InChI is InChI=1S/C17H15BrClNO3/c1-11(20-16(21)12-6-8-14(18)9-7-12)17(22)23-10-13-4-2-3-5-15(13)19/h2-9,11H,10H2,1H3,(H,20,21)/t11-/m0/s1. The van der Waals surface area contributed by atoms with Crippen molar-refractivity contribution >= 4 is 39.4 Å². The van der Waals surface area contributed by atoms with Crippen LogP contribution in [-0.2, 0) is 16.1 Å². The molecule has 0 aliphatic heterocycles. The van der Waals surface area contributed by atoms with Gasteiger partial charge in [0, 0.05) is 20.6 Å². The van der Waals surface area contributed by atoms with Gasteiger partial charge in [0.1, 0.15) is 12.6 Å². The fourth-order valence-electron chi connectivity index (χ4n) is 1.83. The lowest BCUT2D eigenvalue weighted by Gasteiger charge is -2.14. The van der Waals surface area contributed by atoms with E-state index >= 15 is 0 Å². The lowest BCUT2D eigenvalue weighted by Crippen LogP contribution is -2.39. The molecule has 0 aromatic heterocycles. The van der Waals surface area contributed by atoms with Crippen LogP contribution in [0.25, 0.3) is 0 Å². The number of amides is 1. The molecule has 2 aromatic rings. The van der Waals surface area contributed by atoms with Gasteiger partial charge in [-0.25, -0.2) is 4.79 Å². The molecule has 0 saturated carbocycles. The van der Waals surface area contributed by atoms with Crippen LogP contribution in [0, 0.1) is 0 Å². The zero-order chi connectivity index (χ0) is 16.8. The molecule has 1 atom stereocenters. The molecule has 0 spiro atoms. The molecule has 4 nitrogen and oxygen atoms in total. The number of halogens is 2. The molecule has 0 unspecified atom stereocenters. The second-order valence-electron chi connectivity index (χ2n) is 4.90. The first-order valence-corrected chi connectivity index (χ1v) is 8.11. The predicted molar refractivity (Wildman–Crippen MR) is 92.3 cm³/mol. The van der Waals surface area contributed by atoms with Gasteiger partial charge in [0.25, 0.3) is 5.91 Å². The second kappa shape index (κ2) is 8.13. The Hall–Kier alpha value is -1.85. The van der Waals surface area contributed by atoms with Crippen molar-refractivity contribution in [3.8, 4) is 0 Å². The van der Waals surface area contributed by atoms with Crippen molar-refractivity contribution < 1.29 is 14.3 Å². The molecule has 2 rings (SSSR count). The van der Waals surface area contributed by atoms with E-state index in [0.717, 1.165) is 4.47 Å². The number of rotatable bonds is 5. The Morgan fingerprint density at radius 1 is 1.17 bits per heavy atom. The summed E-state index contributed by atoms with van der Waals surface area (Å²) < 4.78 is 6.06. The molecule has 1 N–H and O–H groups in total. The van der Waals surface area contributed by atoms with E-state index in [4.69, 9.17) is 16.3 Å². The summed E-state index contributed by atoms with van der Waals surface area (Å²) in [6.07, 6.45) is 0. The number of benzene rings is 2. The van der Waals surface area contributed by atoms with Crippen molar-refractivity contribution in [2.45, 2.75) is 19.6 Å². The topological polar surface area (TPSA) is 55.4 Å². The normalized spacial score (nSPS) is 11.6. The summed E-state index contributed by atoms with van der Waals surface area (Å²) in [5, 5.41) is 3.14. The maximum absolute atomic E-state index is 12.0. The molecule has 1 amide bonds. The highest BCUT2D eigenvalue weighted by Crippen LogP contribution is 2.16. The van der Waals surface area contributed by atoms with Crippen LogP contribution < -0.4 is 5.32 Å². The maximum atomic E-state index is 12.0. The monoisotopic (exact) mass is 395 g/mol. The van der Waals surface area contributed by atoms with Gasteiger partial charge in [-0.3, -0.25) is 4.79 Å². The van der Waals surface area contributed by atoms with E-state index in [9.17, 15) is 9.59 Å². The first-order valence-electron chi connectivity index (χ1n) is 6.94. The molecule has 2 aromatic carbocycles. The summed E-state index contributed by atoms with van der Waals surface area (Å²) in [4.78, 5) is 24.0. The van der Waals surface area contributed by atoms with Gasteiger partial charge in [0.15, 0.2) is 0 Å². The zero-order valence-electron chi connectivity index (χ0n) is 12.4. The van der Waals surface area contributed by atoms with Gasteiger partial charge >= 0.3 is 5.97 Å². The molecular weight excluding hydrogens is 382 g/mol. The second-order valence-corrected chi connectivity index (χ2v) is 6.22. The average Bonchev–Trinajstić information content (AvgIpc) is 2.54. The minimum atomic E-state index is -0.756. The molecular formula is C17H15BrClNO3. The van der Waals surface area contributed by atoms with Crippen LogP contribution in [0.1, 0.15) is 22.8 Å². The van der Waals surface area contributed by atoms with Crippen molar-refractivity contribution in [2.75, 3.05) is 0 Å². The average molecular weight is 397 g/mol. The number of carbonyl (C=O) groups is 2. The number of ether oxygens (including phenoxy) is 1. The third-order valence-electron chi connectivity index (χ3n) is 3.14. The first kappa shape index (κ1) is 17.5. The van der Waals surface area contributed by atoms with Crippen LogP contribution in [0.5, 0.6) is 0 Å². The number of esters is 1. The van der Waals surface area contributed by atoms with E-state index in [2.05, 4.69) is 21.2 Å². The Bertz CT molecular complexity index is 703. The van der Waals surface area contributed by atoms with Crippen molar-refractivity contribution in [1.82, 2.24) is 5.32 Å². The SMILES string of the molecule is C[C@H](NC(=O)c1ccc(Br)cc1)C(=O)OCc1ccccc1Cl. The molecule has 6 heteroatoms. The fraction of sp³-hybridized carbons (Fsp3) is 0.176. The Balaban J connectivity index is 1.88. The highest BCUT2D eigenvalue weighted by Gasteiger charge is 2.18. The molecule has 120 valence electrons. The van der Waals surface area contributed by atoms with E-state index in [-0.39, 0.29) is 12.5 Å². The zero-order valence-corrected chi connectivity index (χ0v) is 14.7. The van der Waals surface area contributed by atoms with E-state index in [1.165, 1.54) is 0 Å². The smallest absolute Gasteiger partial charge is 0.328 e. The molecule has 0 heterocycles. The summed E-state index contributed by atoms with van der Waals surface area (Å²) >= 11 is 9.30. The van der Waals surface area contributed by atoms with E-state index in [0.29, 0.717) is 16.1 Å². The van der Waals surface area contributed by atoms with Crippen LogP contribution in [0.4, 0.5) is 0 Å². The molecule has 0 aliphatic carbocycles. The molecule has 0 fully saturated rings. The Labute approximate surface area is 147 Å². The van der Waals surface area contributed by atoms with Crippen LogP contribution in [0.3, 0.4) is 0 Å². The first-order chi connectivity index (χ1) is 11.0. The van der Waals surface area contributed by atoms with Gasteiger partial charge in [0.05, 0.1) is 0 Å². The predicted octanol–water partition coefficient (Wildman–Crippen LogP) is 3.96. The van der Waals surface area contributed by atoms with Crippen molar-refractivity contribution in [3.05, 3.63) is 69.2 Å². The largest absolute Gasteiger partial charge is 0.459 e. The fourth-order valence-corrected chi connectivity index (χ4v) is 2.28. The number of nitrogens with one attached hydrogen (secondary N) is 1. The van der Waals surface area contributed by atoms with Crippen LogP contribution in [-0.4, -0.2) is 17.9 Å². The third kappa shape index (κ3) is 5.08. The van der Waals surface area contributed by atoms with Crippen molar-refractivity contribution in [1.29, 1.82) is 0 Å². The molecule has 0 aliphatic rings. The third-order valence-corrected chi connectivity index (χ3v) is 4.03. The van der Waals surface area contributed by atoms with E-state index in [1.54, 1.807) is 49.4 Å². The lowest BCUT2D eigenvalue weighted by molar-refractivity contribution is -0.146. The summed E-state index contributed by atoms with van der Waals surface area (Å²) in [7, 11) is 0. The quantitative estimate of drug-likeness (QED) is 0.778. The summed E-state index contributed by atoms with van der Waals surface area (Å²) in [6, 6.07) is 13.2. The summed E-state index contributed by atoms with van der Waals surface area (Å²) in [5.74, 6) is -0.852. The van der Waals surface area contributed by atoms with Gasteiger partial charge in [-0.15, -0.1) is 0 Å². The highest BCUT2D eigenvalue weighted by atomic mass is 79.9. The van der Waals surface area contributed by atoms with Crippen molar-refractivity contribution in [3.63, 3.8) is 0 Å². The van der Waals surface area contributed by atoms with Crippen LogP contribution >= 0.6 is 27.5 Å². The van der Waals surface area contributed by atoms with Gasteiger partial charge in [0.2, 0.25) is 0 Å². The number of hydrogen-bond donors (Lipinski definition) is 1. The number of hydrogen-bond acceptors (Lipinski definition) is 3. The van der Waals surface area contributed by atoms with Gasteiger partial charge < -0.3 is 10.1 Å². The molecule has 23 heavy (non-hydrogen) atoms. The summed E-state index contributed by atoms with van der Waals surface area (Å²) in [5.41, 5.74) is 1.19. The van der Waals surface area contributed by atoms with Crippen LogP contribution in [0.2, 0.25) is 5.02 Å². The summed E-state index contributed by atoms with van der Waals surface area (Å²) in [6.45, 7) is 1.64. The van der Waals surface area contributed by atoms with Crippen molar-refractivity contribution in [2.24, 2.45) is 0 Å². The Morgan fingerprint density at radius 3 is 2.48 bits per heavy atom. The van der Waals surface area contributed by atoms with Gasteiger partial charge in [-0.1, -0.05) is 45.7 Å². The minimum absolute atomic E-state index is 0.0665. The maximum Gasteiger partial charge on any atom is 0.328 e. The Morgan fingerprint density at radius 2 is 1.83 bits per heavy atom. The lowest BCUT2D eigenvalue weighted by atomic mass is 10.2. The van der Waals surface area contributed by atoms with Gasteiger partial charge in [-0.05, 0) is 37.3 Å². The number of carbonyl (C=O) groups excluding carboxylic acids is 2. The minimum Gasteiger partial charge on any atom is -0.459 e. The highest BCUT2D eigenvalue weighted by molar-refractivity contribution is 9.10.